The van der Waals surface area contributed by atoms with Gasteiger partial charge in [0.2, 0.25) is 11.8 Å². The standard InChI is InChI=1S/C23H25N3O3/c1-16-8-11-21(29-3)20(12-16)25-22(27)14-24-23(28)15-26(2)19-10-9-17-6-4-5-7-18(17)13-19/h4-13H,14-15H2,1-3H3,(H,24,28)(H,25,27). The van der Waals surface area contributed by atoms with Crippen LogP contribution in [-0.2, 0) is 9.59 Å². The molecule has 0 fully saturated rings. The maximum atomic E-state index is 12.3. The molecule has 0 spiro atoms. The number of carbonyl (C=O) groups is 2. The summed E-state index contributed by atoms with van der Waals surface area (Å²) in [5, 5.41) is 7.69. The monoisotopic (exact) mass is 391 g/mol. The third-order valence-electron chi connectivity index (χ3n) is 4.63. The Kier molecular flexibility index (Phi) is 6.34. The van der Waals surface area contributed by atoms with Crippen molar-refractivity contribution in [3.05, 3.63) is 66.2 Å². The van der Waals surface area contributed by atoms with E-state index in [1.54, 1.807) is 13.2 Å². The highest BCUT2D eigenvalue weighted by molar-refractivity contribution is 5.96. The second-order valence-electron chi connectivity index (χ2n) is 6.92. The van der Waals surface area contributed by atoms with Gasteiger partial charge in [0.15, 0.2) is 0 Å². The van der Waals surface area contributed by atoms with Crippen molar-refractivity contribution >= 4 is 34.0 Å². The number of fused-ring (bicyclic) bond motifs is 1. The van der Waals surface area contributed by atoms with Crippen molar-refractivity contribution < 1.29 is 14.3 Å². The van der Waals surface area contributed by atoms with Gasteiger partial charge in [0.25, 0.3) is 0 Å². The van der Waals surface area contributed by atoms with Gasteiger partial charge in [-0.1, -0.05) is 36.4 Å². The van der Waals surface area contributed by atoms with Gasteiger partial charge in [-0.25, -0.2) is 0 Å². The maximum absolute atomic E-state index is 12.3. The van der Waals surface area contributed by atoms with Gasteiger partial charge in [-0.3, -0.25) is 9.59 Å². The second-order valence-corrected chi connectivity index (χ2v) is 6.92. The van der Waals surface area contributed by atoms with Crippen molar-refractivity contribution in [3.63, 3.8) is 0 Å². The van der Waals surface area contributed by atoms with Crippen LogP contribution in [0.25, 0.3) is 10.8 Å². The van der Waals surface area contributed by atoms with Crippen LogP contribution >= 0.6 is 0 Å². The number of nitrogens with zero attached hydrogens (tertiary/aromatic N) is 1. The van der Waals surface area contributed by atoms with E-state index in [4.69, 9.17) is 4.74 Å². The van der Waals surface area contributed by atoms with Crippen LogP contribution in [0.1, 0.15) is 5.56 Å². The summed E-state index contributed by atoms with van der Waals surface area (Å²) < 4.78 is 5.25. The average molecular weight is 391 g/mol. The largest absolute Gasteiger partial charge is 0.495 e. The molecule has 0 saturated heterocycles. The number of carbonyl (C=O) groups excluding carboxylic acids is 2. The molecule has 2 amide bonds. The molecule has 3 aromatic rings. The smallest absolute Gasteiger partial charge is 0.243 e. The Balaban J connectivity index is 1.53. The molecular formula is C23H25N3O3. The molecule has 150 valence electrons. The summed E-state index contributed by atoms with van der Waals surface area (Å²) >= 11 is 0. The zero-order chi connectivity index (χ0) is 20.8. The lowest BCUT2D eigenvalue weighted by Crippen LogP contribution is -2.39. The highest BCUT2D eigenvalue weighted by atomic mass is 16.5. The molecule has 3 rings (SSSR count). The van der Waals surface area contributed by atoms with Crippen LogP contribution < -0.4 is 20.3 Å². The number of rotatable bonds is 7. The van der Waals surface area contributed by atoms with Crippen LogP contribution in [0.5, 0.6) is 5.75 Å². The lowest BCUT2D eigenvalue weighted by Gasteiger charge is -2.19. The molecule has 0 aliphatic rings. The molecule has 0 unspecified atom stereocenters. The summed E-state index contributed by atoms with van der Waals surface area (Å²) in [5.74, 6) is 0.0361. The summed E-state index contributed by atoms with van der Waals surface area (Å²) in [6, 6.07) is 19.6. The minimum absolute atomic E-state index is 0.110. The van der Waals surface area contributed by atoms with Crippen LogP contribution in [0.4, 0.5) is 11.4 Å². The van der Waals surface area contributed by atoms with Crippen LogP contribution in [0, 0.1) is 6.92 Å². The zero-order valence-corrected chi connectivity index (χ0v) is 16.9. The SMILES string of the molecule is COc1ccc(C)cc1NC(=O)CNC(=O)CN(C)c1ccc2ccccc2c1. The van der Waals surface area contributed by atoms with Crippen LogP contribution in [0.2, 0.25) is 0 Å². The number of ether oxygens (including phenoxy) is 1. The molecule has 0 radical (unpaired) electrons. The summed E-state index contributed by atoms with van der Waals surface area (Å²) in [7, 11) is 3.39. The van der Waals surface area contributed by atoms with Gasteiger partial charge in [-0.2, -0.15) is 0 Å². The Morgan fingerprint density at radius 1 is 0.966 bits per heavy atom. The lowest BCUT2D eigenvalue weighted by atomic mass is 10.1. The van der Waals surface area contributed by atoms with E-state index in [-0.39, 0.29) is 24.9 Å². The Labute approximate surface area is 170 Å². The highest BCUT2D eigenvalue weighted by Gasteiger charge is 2.12. The number of hydrogen-bond acceptors (Lipinski definition) is 4. The van der Waals surface area contributed by atoms with Crippen molar-refractivity contribution in [2.75, 3.05) is 37.5 Å². The summed E-state index contributed by atoms with van der Waals surface area (Å²) in [6.45, 7) is 1.97. The summed E-state index contributed by atoms with van der Waals surface area (Å²) in [6.07, 6.45) is 0. The zero-order valence-electron chi connectivity index (χ0n) is 16.9. The highest BCUT2D eigenvalue weighted by Crippen LogP contribution is 2.25. The Bertz CT molecular complexity index is 1030. The number of aryl methyl sites for hydroxylation is 1. The third-order valence-corrected chi connectivity index (χ3v) is 4.63. The predicted octanol–water partition coefficient (Wildman–Crippen LogP) is 3.35. The molecule has 0 bridgehead atoms. The Hall–Kier alpha value is -3.54. The fraction of sp³-hybridized carbons (Fsp3) is 0.217. The van der Waals surface area contributed by atoms with E-state index >= 15 is 0 Å². The topological polar surface area (TPSA) is 70.7 Å². The summed E-state index contributed by atoms with van der Waals surface area (Å²) in [4.78, 5) is 26.3. The molecule has 6 nitrogen and oxygen atoms in total. The minimum atomic E-state index is -0.310. The molecule has 0 aliphatic carbocycles. The molecule has 6 heteroatoms. The first-order valence-electron chi connectivity index (χ1n) is 9.37. The van der Waals surface area contributed by atoms with Gasteiger partial charge in [0.1, 0.15) is 5.75 Å². The normalized spacial score (nSPS) is 10.4. The number of likely N-dealkylation sites (N-methyl/N-ethyl adjacent to an activating group) is 1. The van der Waals surface area contributed by atoms with E-state index in [1.807, 2.05) is 73.5 Å². The van der Waals surface area contributed by atoms with Crippen LogP contribution in [-0.4, -0.2) is 39.1 Å². The molecule has 2 N–H and O–H groups in total. The van der Waals surface area contributed by atoms with Crippen molar-refractivity contribution in [1.82, 2.24) is 5.32 Å². The van der Waals surface area contributed by atoms with E-state index < -0.39 is 0 Å². The molecule has 0 aliphatic heterocycles. The minimum Gasteiger partial charge on any atom is -0.495 e. The van der Waals surface area contributed by atoms with Crippen molar-refractivity contribution in [1.29, 1.82) is 0 Å². The number of nitrogens with one attached hydrogen (secondary N) is 2. The van der Waals surface area contributed by atoms with Gasteiger partial charge in [-0.05, 0) is 47.5 Å². The van der Waals surface area contributed by atoms with E-state index in [1.165, 1.54) is 0 Å². The number of anilines is 2. The van der Waals surface area contributed by atoms with E-state index in [0.29, 0.717) is 11.4 Å². The first-order valence-corrected chi connectivity index (χ1v) is 9.37. The van der Waals surface area contributed by atoms with Gasteiger partial charge >= 0.3 is 0 Å². The van der Waals surface area contributed by atoms with Crippen molar-refractivity contribution in [2.24, 2.45) is 0 Å². The van der Waals surface area contributed by atoms with Gasteiger partial charge in [-0.15, -0.1) is 0 Å². The van der Waals surface area contributed by atoms with E-state index in [0.717, 1.165) is 22.0 Å². The van der Waals surface area contributed by atoms with E-state index in [9.17, 15) is 9.59 Å². The second kappa shape index (κ2) is 9.10. The summed E-state index contributed by atoms with van der Waals surface area (Å²) in [5.41, 5.74) is 2.52. The fourth-order valence-corrected chi connectivity index (χ4v) is 3.07. The van der Waals surface area contributed by atoms with Gasteiger partial charge in [0, 0.05) is 12.7 Å². The lowest BCUT2D eigenvalue weighted by molar-refractivity contribution is -0.123. The molecule has 0 aromatic heterocycles. The van der Waals surface area contributed by atoms with Gasteiger partial charge in [0.05, 0.1) is 25.9 Å². The number of benzene rings is 3. The Morgan fingerprint density at radius 2 is 1.72 bits per heavy atom. The quantitative estimate of drug-likeness (QED) is 0.648. The number of amides is 2. The molecule has 0 saturated carbocycles. The van der Waals surface area contributed by atoms with Gasteiger partial charge < -0.3 is 20.3 Å². The molecule has 3 aromatic carbocycles. The first kappa shape index (κ1) is 20.2. The van der Waals surface area contributed by atoms with Crippen molar-refractivity contribution in [2.45, 2.75) is 6.92 Å². The Morgan fingerprint density at radius 3 is 2.48 bits per heavy atom. The van der Waals surface area contributed by atoms with Crippen LogP contribution in [0.15, 0.2) is 60.7 Å². The average Bonchev–Trinajstić information content (AvgIpc) is 2.72. The fourth-order valence-electron chi connectivity index (χ4n) is 3.07. The first-order chi connectivity index (χ1) is 14.0. The molecular weight excluding hydrogens is 366 g/mol. The molecule has 0 heterocycles. The molecule has 29 heavy (non-hydrogen) atoms. The number of methoxy groups -OCH3 is 1. The maximum Gasteiger partial charge on any atom is 0.243 e. The van der Waals surface area contributed by atoms with E-state index in [2.05, 4.69) is 10.6 Å². The molecule has 0 atom stereocenters. The third kappa shape index (κ3) is 5.25. The predicted molar refractivity (Wildman–Crippen MR) is 117 cm³/mol. The van der Waals surface area contributed by atoms with Crippen molar-refractivity contribution in [3.8, 4) is 5.75 Å². The van der Waals surface area contributed by atoms with Crippen LogP contribution in [0.3, 0.4) is 0 Å². The number of hydrogen-bond donors (Lipinski definition) is 2.